The van der Waals surface area contributed by atoms with Crippen molar-refractivity contribution in [2.45, 2.75) is 38.3 Å². The predicted octanol–water partition coefficient (Wildman–Crippen LogP) is -0.0625. The summed E-state index contributed by atoms with van der Waals surface area (Å²) in [6.07, 6.45) is 7.96. The van der Waals surface area contributed by atoms with E-state index in [1.54, 1.807) is 0 Å². The lowest BCUT2D eigenvalue weighted by Crippen LogP contribution is -2.44. The van der Waals surface area contributed by atoms with Gasteiger partial charge < -0.3 is 10.6 Å². The Morgan fingerprint density at radius 3 is 2.69 bits per heavy atom. The maximum atomic E-state index is 11.9. The van der Waals surface area contributed by atoms with E-state index in [1.807, 2.05) is 11.8 Å². The molecule has 1 saturated heterocycles. The van der Waals surface area contributed by atoms with Gasteiger partial charge in [0.05, 0.1) is 6.04 Å². The standard InChI is InChI=1S/C12H21N3O/c1-3-10(2)14-11(9-13)8-12(16)15-6-4-5-7-15/h1,10-11,14H,4-9,13H2,2H3. The Labute approximate surface area is 97.6 Å². The number of hydrogen-bond acceptors (Lipinski definition) is 3. The molecule has 0 radical (unpaired) electrons. The molecule has 1 fully saturated rings. The molecule has 4 heteroatoms. The van der Waals surface area contributed by atoms with Gasteiger partial charge in [-0.05, 0) is 19.8 Å². The zero-order valence-corrected chi connectivity index (χ0v) is 9.91. The molecule has 0 aromatic carbocycles. The van der Waals surface area contributed by atoms with Gasteiger partial charge in [-0.2, -0.15) is 0 Å². The van der Waals surface area contributed by atoms with Gasteiger partial charge in [0.1, 0.15) is 0 Å². The quantitative estimate of drug-likeness (QED) is 0.642. The van der Waals surface area contributed by atoms with Gasteiger partial charge in [0.2, 0.25) is 5.91 Å². The Hall–Kier alpha value is -1.05. The minimum absolute atomic E-state index is 0.0147. The van der Waals surface area contributed by atoms with E-state index in [0.717, 1.165) is 25.9 Å². The summed E-state index contributed by atoms with van der Waals surface area (Å²) < 4.78 is 0. The van der Waals surface area contributed by atoms with Crippen LogP contribution in [-0.2, 0) is 4.79 Å². The molecule has 0 spiro atoms. The number of carbonyl (C=O) groups is 1. The maximum Gasteiger partial charge on any atom is 0.224 e. The molecular formula is C12H21N3O. The molecule has 2 unspecified atom stereocenters. The molecule has 1 heterocycles. The van der Waals surface area contributed by atoms with Gasteiger partial charge >= 0.3 is 0 Å². The van der Waals surface area contributed by atoms with Crippen LogP contribution in [0.4, 0.5) is 0 Å². The van der Waals surface area contributed by atoms with Crippen LogP contribution in [0.1, 0.15) is 26.2 Å². The van der Waals surface area contributed by atoms with Crippen LogP contribution in [0, 0.1) is 12.3 Å². The highest BCUT2D eigenvalue weighted by Gasteiger charge is 2.21. The second kappa shape index (κ2) is 6.51. The highest BCUT2D eigenvalue weighted by atomic mass is 16.2. The van der Waals surface area contributed by atoms with E-state index < -0.39 is 0 Å². The Morgan fingerprint density at radius 2 is 2.19 bits per heavy atom. The van der Waals surface area contributed by atoms with E-state index in [0.29, 0.717) is 13.0 Å². The molecule has 0 aliphatic carbocycles. The van der Waals surface area contributed by atoms with Gasteiger partial charge in [-0.15, -0.1) is 6.42 Å². The number of hydrogen-bond donors (Lipinski definition) is 2. The first-order valence-corrected chi connectivity index (χ1v) is 5.87. The third-order valence-electron chi connectivity index (χ3n) is 2.90. The highest BCUT2D eigenvalue weighted by Crippen LogP contribution is 2.09. The largest absolute Gasteiger partial charge is 0.343 e. The van der Waals surface area contributed by atoms with Crippen LogP contribution in [0.5, 0.6) is 0 Å². The first-order chi connectivity index (χ1) is 7.67. The van der Waals surface area contributed by atoms with Crippen molar-refractivity contribution in [2.75, 3.05) is 19.6 Å². The molecular weight excluding hydrogens is 202 g/mol. The Bertz CT molecular complexity index is 266. The van der Waals surface area contributed by atoms with Gasteiger partial charge in [-0.3, -0.25) is 10.1 Å². The van der Waals surface area contributed by atoms with Crippen LogP contribution in [0.3, 0.4) is 0 Å². The van der Waals surface area contributed by atoms with Crippen molar-refractivity contribution in [2.24, 2.45) is 5.73 Å². The summed E-state index contributed by atoms with van der Waals surface area (Å²) in [6.45, 7) is 4.11. The average molecular weight is 223 g/mol. The van der Waals surface area contributed by atoms with Crippen LogP contribution >= 0.6 is 0 Å². The number of terminal acetylenes is 1. The topological polar surface area (TPSA) is 58.4 Å². The van der Waals surface area contributed by atoms with Crippen molar-refractivity contribution >= 4 is 5.91 Å². The van der Waals surface area contributed by atoms with E-state index in [2.05, 4.69) is 11.2 Å². The lowest BCUT2D eigenvalue weighted by atomic mass is 10.1. The molecule has 0 saturated carbocycles. The lowest BCUT2D eigenvalue weighted by molar-refractivity contribution is -0.130. The molecule has 0 aromatic rings. The summed E-state index contributed by atoms with van der Waals surface area (Å²) in [6, 6.07) is -0.0564. The van der Waals surface area contributed by atoms with Gasteiger partial charge in [0.25, 0.3) is 0 Å². The van der Waals surface area contributed by atoms with Gasteiger partial charge in [-0.1, -0.05) is 5.92 Å². The minimum atomic E-state index is -0.0417. The number of nitrogens with zero attached hydrogens (tertiary/aromatic N) is 1. The zero-order valence-electron chi connectivity index (χ0n) is 9.91. The molecule has 16 heavy (non-hydrogen) atoms. The molecule has 2 atom stereocenters. The molecule has 1 amide bonds. The van der Waals surface area contributed by atoms with Crippen LogP contribution < -0.4 is 11.1 Å². The van der Waals surface area contributed by atoms with Crippen LogP contribution in [0.25, 0.3) is 0 Å². The molecule has 0 aromatic heterocycles. The molecule has 4 nitrogen and oxygen atoms in total. The van der Waals surface area contributed by atoms with E-state index in [-0.39, 0.29) is 18.0 Å². The van der Waals surface area contributed by atoms with Gasteiger partial charge in [-0.25, -0.2) is 0 Å². The monoisotopic (exact) mass is 223 g/mol. The Morgan fingerprint density at radius 1 is 1.56 bits per heavy atom. The summed E-state index contributed by atoms with van der Waals surface area (Å²) in [5.41, 5.74) is 5.62. The van der Waals surface area contributed by atoms with E-state index >= 15 is 0 Å². The fourth-order valence-corrected chi connectivity index (χ4v) is 1.92. The fourth-order valence-electron chi connectivity index (χ4n) is 1.92. The summed E-state index contributed by atoms with van der Waals surface area (Å²) in [4.78, 5) is 13.8. The number of nitrogens with one attached hydrogen (secondary N) is 1. The number of amides is 1. The minimum Gasteiger partial charge on any atom is -0.343 e. The second-order valence-corrected chi connectivity index (χ2v) is 4.28. The van der Waals surface area contributed by atoms with Crippen molar-refractivity contribution < 1.29 is 4.79 Å². The molecule has 3 N–H and O–H groups in total. The van der Waals surface area contributed by atoms with Crippen LogP contribution in [0.2, 0.25) is 0 Å². The summed E-state index contributed by atoms with van der Waals surface area (Å²) in [7, 11) is 0. The first kappa shape index (κ1) is 13.0. The maximum absolute atomic E-state index is 11.9. The van der Waals surface area contributed by atoms with Crippen molar-refractivity contribution in [3.8, 4) is 12.3 Å². The summed E-state index contributed by atoms with van der Waals surface area (Å²) in [5.74, 6) is 2.77. The summed E-state index contributed by atoms with van der Waals surface area (Å²) >= 11 is 0. The average Bonchev–Trinajstić information content (AvgIpc) is 2.81. The molecule has 1 aliphatic heterocycles. The molecule has 1 aliphatic rings. The van der Waals surface area contributed by atoms with Gasteiger partial charge in [0.15, 0.2) is 0 Å². The fraction of sp³-hybridized carbons (Fsp3) is 0.750. The third kappa shape index (κ3) is 3.84. The van der Waals surface area contributed by atoms with Crippen molar-refractivity contribution in [1.29, 1.82) is 0 Å². The highest BCUT2D eigenvalue weighted by molar-refractivity contribution is 5.77. The molecule has 90 valence electrons. The second-order valence-electron chi connectivity index (χ2n) is 4.28. The Kier molecular flexibility index (Phi) is 5.30. The number of rotatable bonds is 5. The Balaban J connectivity index is 2.37. The van der Waals surface area contributed by atoms with E-state index in [4.69, 9.17) is 12.2 Å². The van der Waals surface area contributed by atoms with Gasteiger partial charge in [0, 0.05) is 32.1 Å². The van der Waals surface area contributed by atoms with Crippen molar-refractivity contribution in [3.05, 3.63) is 0 Å². The molecule has 1 rings (SSSR count). The number of nitrogens with two attached hydrogens (primary N) is 1. The van der Waals surface area contributed by atoms with Crippen molar-refractivity contribution in [1.82, 2.24) is 10.2 Å². The zero-order chi connectivity index (χ0) is 12.0. The third-order valence-corrected chi connectivity index (χ3v) is 2.90. The van der Waals surface area contributed by atoms with E-state index in [9.17, 15) is 4.79 Å². The predicted molar refractivity (Wildman–Crippen MR) is 64.7 cm³/mol. The normalized spacial score (nSPS) is 19.2. The molecule has 0 bridgehead atoms. The number of likely N-dealkylation sites (tertiary alicyclic amines) is 1. The van der Waals surface area contributed by atoms with Crippen LogP contribution in [0.15, 0.2) is 0 Å². The first-order valence-electron chi connectivity index (χ1n) is 5.87. The lowest BCUT2D eigenvalue weighted by Gasteiger charge is -2.22. The number of carbonyl (C=O) groups excluding carboxylic acids is 1. The van der Waals surface area contributed by atoms with Crippen LogP contribution in [-0.4, -0.2) is 42.5 Å². The smallest absolute Gasteiger partial charge is 0.224 e. The van der Waals surface area contributed by atoms with E-state index in [1.165, 1.54) is 0 Å². The van der Waals surface area contributed by atoms with Crippen molar-refractivity contribution in [3.63, 3.8) is 0 Å². The summed E-state index contributed by atoms with van der Waals surface area (Å²) in [5, 5.41) is 3.16. The SMILES string of the molecule is C#CC(C)NC(CN)CC(=O)N1CCCC1.